The van der Waals surface area contributed by atoms with Crippen LogP contribution >= 0.6 is 0 Å². The molecule has 0 aliphatic carbocycles. The van der Waals surface area contributed by atoms with Gasteiger partial charge in [0.1, 0.15) is 0 Å². The highest BCUT2D eigenvalue weighted by atomic mass is 15.1. The lowest BCUT2D eigenvalue weighted by Crippen LogP contribution is -2.52. The second-order valence-electron chi connectivity index (χ2n) is 1.99. The molecule has 0 aromatic rings. The second kappa shape index (κ2) is 2.46. The Morgan fingerprint density at radius 3 is 3.12 bits per heavy atom. The SMILES string of the molecule is [2H]C1NC([2H])([2H])C([2H])(C)NC1C. The predicted octanol–water partition coefficient (Wildman–Crippen LogP) is -0.0438. The zero-order chi connectivity index (χ0) is 9.57. The smallest absolute Gasteiger partial charge is 0.0475 e. The average molecular weight is 118 g/mol. The molecule has 3 unspecified atom stereocenters. The normalized spacial score (nSPS) is 71.8. The summed E-state index contributed by atoms with van der Waals surface area (Å²) in [5.41, 5.74) is 0. The van der Waals surface area contributed by atoms with Crippen LogP contribution in [0, 0.1) is 0 Å². The molecule has 1 heterocycles. The van der Waals surface area contributed by atoms with Gasteiger partial charge in [0, 0.05) is 30.6 Å². The Labute approximate surface area is 56.3 Å². The summed E-state index contributed by atoms with van der Waals surface area (Å²) >= 11 is 0. The Morgan fingerprint density at radius 1 is 1.75 bits per heavy atom. The Bertz CT molecular complexity index is 162. The molecule has 2 heteroatoms. The highest BCUT2D eigenvalue weighted by Gasteiger charge is 2.11. The van der Waals surface area contributed by atoms with Crippen LogP contribution in [0.3, 0.4) is 0 Å². The molecule has 2 nitrogen and oxygen atoms in total. The van der Waals surface area contributed by atoms with Crippen molar-refractivity contribution >= 4 is 0 Å². The summed E-state index contributed by atoms with van der Waals surface area (Å²) < 4.78 is 29.9. The van der Waals surface area contributed by atoms with Gasteiger partial charge in [-0.05, 0) is 13.8 Å². The van der Waals surface area contributed by atoms with E-state index in [1.165, 1.54) is 6.92 Å². The Kier molecular flexibility index (Phi) is 0.822. The third-order valence-corrected chi connectivity index (χ3v) is 1.04. The lowest BCUT2D eigenvalue weighted by atomic mass is 10.2. The van der Waals surface area contributed by atoms with E-state index in [1.54, 1.807) is 6.92 Å². The van der Waals surface area contributed by atoms with Crippen molar-refractivity contribution < 1.29 is 5.48 Å². The highest BCUT2D eigenvalue weighted by Crippen LogP contribution is 1.90. The maximum atomic E-state index is 7.62. The van der Waals surface area contributed by atoms with Gasteiger partial charge in [0.15, 0.2) is 0 Å². The van der Waals surface area contributed by atoms with Crippen molar-refractivity contribution in [1.29, 1.82) is 0 Å². The van der Waals surface area contributed by atoms with Crippen LogP contribution in [0.25, 0.3) is 0 Å². The summed E-state index contributed by atoms with van der Waals surface area (Å²) in [6.45, 7) is 0.666. The Hall–Kier alpha value is -0.0800. The highest BCUT2D eigenvalue weighted by molar-refractivity contribution is 4.76. The first kappa shape index (κ1) is 2.67. The minimum atomic E-state index is -1.86. The number of rotatable bonds is 0. The van der Waals surface area contributed by atoms with E-state index in [9.17, 15) is 0 Å². The summed E-state index contributed by atoms with van der Waals surface area (Å²) in [4.78, 5) is 0. The van der Waals surface area contributed by atoms with Gasteiger partial charge in [0.05, 0.1) is 0 Å². The van der Waals surface area contributed by atoms with E-state index in [0.717, 1.165) is 0 Å². The van der Waals surface area contributed by atoms with Gasteiger partial charge in [-0.1, -0.05) is 0 Å². The Morgan fingerprint density at radius 2 is 2.50 bits per heavy atom. The fraction of sp³-hybridized carbons (Fsp3) is 1.00. The first-order valence-electron chi connectivity index (χ1n) is 4.82. The molecule has 1 saturated heterocycles. The fourth-order valence-electron chi connectivity index (χ4n) is 0.694. The van der Waals surface area contributed by atoms with Gasteiger partial charge in [-0.3, -0.25) is 0 Å². The summed E-state index contributed by atoms with van der Waals surface area (Å²) in [5.74, 6) is 0. The van der Waals surface area contributed by atoms with Gasteiger partial charge in [0.2, 0.25) is 0 Å². The van der Waals surface area contributed by atoms with Gasteiger partial charge in [0.25, 0.3) is 0 Å². The molecule has 3 atom stereocenters. The van der Waals surface area contributed by atoms with Crippen LogP contribution in [0.15, 0.2) is 0 Å². The molecule has 8 heavy (non-hydrogen) atoms. The van der Waals surface area contributed by atoms with Gasteiger partial charge >= 0.3 is 0 Å². The van der Waals surface area contributed by atoms with Crippen LogP contribution in [0.2, 0.25) is 0 Å². The predicted molar refractivity (Wildman–Crippen MR) is 34.9 cm³/mol. The van der Waals surface area contributed by atoms with Gasteiger partial charge in [-0.25, -0.2) is 0 Å². The van der Waals surface area contributed by atoms with Crippen LogP contribution in [0.5, 0.6) is 0 Å². The molecule has 0 saturated carbocycles. The first-order valence-corrected chi connectivity index (χ1v) is 2.74. The molecule has 1 fully saturated rings. The monoisotopic (exact) mass is 118 g/mol. The molecule has 0 aromatic carbocycles. The van der Waals surface area contributed by atoms with Gasteiger partial charge in [-0.15, -0.1) is 0 Å². The van der Waals surface area contributed by atoms with Crippen LogP contribution in [-0.4, -0.2) is 25.1 Å². The molecule has 48 valence electrons. The van der Waals surface area contributed by atoms with Crippen LogP contribution < -0.4 is 10.6 Å². The molecule has 2 N–H and O–H groups in total. The molecule has 0 radical (unpaired) electrons. The zero-order valence-corrected chi connectivity index (χ0v) is 5.15. The summed E-state index contributed by atoms with van der Waals surface area (Å²) in [6.07, 6.45) is 0. The Balaban J connectivity index is 2.80. The molecule has 0 aromatic heterocycles. The average Bonchev–Trinajstić information content (AvgIpc) is 1.82. The number of hydrogen-bond donors (Lipinski definition) is 2. The van der Waals surface area contributed by atoms with Crippen molar-refractivity contribution in [2.24, 2.45) is 0 Å². The third-order valence-electron chi connectivity index (χ3n) is 1.04. The van der Waals surface area contributed by atoms with E-state index in [2.05, 4.69) is 10.6 Å². The van der Waals surface area contributed by atoms with E-state index in [0.29, 0.717) is 0 Å². The molecule has 0 bridgehead atoms. The topological polar surface area (TPSA) is 24.1 Å². The van der Waals surface area contributed by atoms with Crippen molar-refractivity contribution in [3.8, 4) is 0 Å². The second-order valence-corrected chi connectivity index (χ2v) is 1.99. The number of hydrogen-bond acceptors (Lipinski definition) is 2. The minimum absolute atomic E-state index is 0.212. The standard InChI is InChI=1S/C6H14N2/c1-5-3-7-4-6(2)8-5/h5-8H,3-4H2,1-2H3/i3D,4D2,6D. The molecular formula is C6H14N2. The maximum Gasteiger partial charge on any atom is 0.0475 e. The summed E-state index contributed by atoms with van der Waals surface area (Å²) in [7, 11) is 0. The summed E-state index contributed by atoms with van der Waals surface area (Å²) in [6, 6.07) is -1.58. The quantitative estimate of drug-likeness (QED) is 0.466. The molecule has 0 amide bonds. The van der Waals surface area contributed by atoms with E-state index in [-0.39, 0.29) is 6.04 Å². The van der Waals surface area contributed by atoms with Crippen molar-refractivity contribution in [2.75, 3.05) is 13.0 Å². The first-order chi connectivity index (χ1) is 5.26. The van der Waals surface area contributed by atoms with Crippen molar-refractivity contribution in [3.05, 3.63) is 0 Å². The molecule has 0 spiro atoms. The van der Waals surface area contributed by atoms with Crippen molar-refractivity contribution in [2.45, 2.75) is 25.9 Å². The van der Waals surface area contributed by atoms with Crippen molar-refractivity contribution in [1.82, 2.24) is 10.6 Å². The maximum absolute atomic E-state index is 7.62. The molecule has 1 rings (SSSR count). The van der Waals surface area contributed by atoms with Crippen molar-refractivity contribution in [3.63, 3.8) is 0 Å². The van der Waals surface area contributed by atoms with Crippen LogP contribution in [0.4, 0.5) is 0 Å². The van der Waals surface area contributed by atoms with E-state index in [1.807, 2.05) is 0 Å². The largest absolute Gasteiger partial charge is 0.314 e. The number of piperazine rings is 1. The summed E-state index contributed by atoms with van der Waals surface area (Å²) in [5, 5.41) is 5.18. The van der Waals surface area contributed by atoms with Gasteiger partial charge in [-0.2, -0.15) is 0 Å². The van der Waals surface area contributed by atoms with Crippen LogP contribution in [-0.2, 0) is 0 Å². The lowest BCUT2D eigenvalue weighted by molar-refractivity contribution is 0.370. The zero-order valence-electron chi connectivity index (χ0n) is 9.15. The fourth-order valence-corrected chi connectivity index (χ4v) is 0.694. The van der Waals surface area contributed by atoms with E-state index in [4.69, 9.17) is 5.48 Å². The number of nitrogens with one attached hydrogen (secondary N) is 2. The minimum Gasteiger partial charge on any atom is -0.314 e. The van der Waals surface area contributed by atoms with E-state index >= 15 is 0 Å². The van der Waals surface area contributed by atoms with E-state index < -0.39 is 19.0 Å². The molecule has 1 aliphatic heterocycles. The van der Waals surface area contributed by atoms with Gasteiger partial charge < -0.3 is 10.6 Å². The third kappa shape index (κ3) is 1.46. The molecule has 1 aliphatic rings. The van der Waals surface area contributed by atoms with Crippen LogP contribution in [0.1, 0.15) is 19.3 Å². The lowest BCUT2D eigenvalue weighted by Gasteiger charge is -2.26. The molecular weight excluding hydrogens is 100 g/mol.